The van der Waals surface area contributed by atoms with E-state index in [0.29, 0.717) is 13.1 Å². The van der Waals surface area contributed by atoms with Crippen LogP contribution in [-0.2, 0) is 0 Å². The van der Waals surface area contributed by atoms with E-state index in [1.165, 1.54) is 0 Å². The summed E-state index contributed by atoms with van der Waals surface area (Å²) >= 11 is 0. The molecule has 0 amide bonds. The van der Waals surface area contributed by atoms with Gasteiger partial charge in [-0.2, -0.15) is 0 Å². The summed E-state index contributed by atoms with van der Waals surface area (Å²) in [6.45, 7) is 6.87. The van der Waals surface area contributed by atoms with Crippen LogP contribution in [0.15, 0.2) is 0 Å². The van der Waals surface area contributed by atoms with E-state index in [0.717, 1.165) is 13.1 Å². The molecular formula is C7H20N4. The summed E-state index contributed by atoms with van der Waals surface area (Å²) in [4.78, 5) is 0. The number of nitrogens with two attached hydrogens (primary N) is 2. The fourth-order valence-corrected chi connectivity index (χ4v) is 1.11. The summed E-state index contributed by atoms with van der Waals surface area (Å²) in [6.07, 6.45) is 0. The molecule has 0 aromatic heterocycles. The molecule has 0 bridgehead atoms. The normalized spacial score (nSPS) is 12.0. The highest BCUT2D eigenvalue weighted by Crippen LogP contribution is 1.93. The lowest BCUT2D eigenvalue weighted by Gasteiger charge is -2.32. The van der Waals surface area contributed by atoms with E-state index < -0.39 is 0 Å². The summed E-state index contributed by atoms with van der Waals surface area (Å²) in [5.41, 5.74) is 10.9. The number of nitrogens with one attached hydrogen (secondary N) is 2. The lowest BCUT2D eigenvalue weighted by Crippen LogP contribution is -2.65. The highest BCUT2D eigenvalue weighted by atomic mass is 15.2. The van der Waals surface area contributed by atoms with E-state index in [-0.39, 0.29) is 5.66 Å². The van der Waals surface area contributed by atoms with Gasteiger partial charge < -0.3 is 11.5 Å². The van der Waals surface area contributed by atoms with E-state index in [1.54, 1.807) is 0 Å². The highest BCUT2D eigenvalue weighted by Gasteiger charge is 2.23. The minimum absolute atomic E-state index is 0.260. The van der Waals surface area contributed by atoms with Gasteiger partial charge in [0, 0.05) is 13.1 Å². The van der Waals surface area contributed by atoms with Crippen LogP contribution in [0.25, 0.3) is 0 Å². The molecule has 11 heavy (non-hydrogen) atoms. The number of rotatable bonds is 6. The topological polar surface area (TPSA) is 76.1 Å². The Balaban J connectivity index is 3.96. The standard InChI is InChI=1S/C7H20N4/c1-3-10-7(5-8,6-9)11-4-2/h10-11H,3-6,8-9H2,1-2H3. The Morgan fingerprint density at radius 3 is 1.55 bits per heavy atom. The van der Waals surface area contributed by atoms with Crippen molar-refractivity contribution in [2.24, 2.45) is 11.5 Å². The van der Waals surface area contributed by atoms with Crippen LogP contribution in [0.1, 0.15) is 13.8 Å². The molecular weight excluding hydrogens is 140 g/mol. The van der Waals surface area contributed by atoms with Gasteiger partial charge in [0.15, 0.2) is 0 Å². The summed E-state index contributed by atoms with van der Waals surface area (Å²) in [5.74, 6) is 0. The Hall–Kier alpha value is -0.160. The van der Waals surface area contributed by atoms with Gasteiger partial charge in [-0.3, -0.25) is 10.6 Å². The van der Waals surface area contributed by atoms with Crippen molar-refractivity contribution in [3.05, 3.63) is 0 Å². The quantitative estimate of drug-likeness (QED) is 0.369. The van der Waals surface area contributed by atoms with Crippen molar-refractivity contribution < 1.29 is 0 Å². The van der Waals surface area contributed by atoms with Crippen LogP contribution in [0.3, 0.4) is 0 Å². The van der Waals surface area contributed by atoms with E-state index in [2.05, 4.69) is 10.6 Å². The van der Waals surface area contributed by atoms with Gasteiger partial charge >= 0.3 is 0 Å². The predicted molar refractivity (Wildman–Crippen MR) is 48.2 cm³/mol. The van der Waals surface area contributed by atoms with Crippen LogP contribution in [0, 0.1) is 0 Å². The first-order chi connectivity index (χ1) is 5.24. The van der Waals surface area contributed by atoms with Gasteiger partial charge in [-0.15, -0.1) is 0 Å². The first-order valence-electron chi connectivity index (χ1n) is 4.14. The second-order valence-corrected chi connectivity index (χ2v) is 2.55. The first kappa shape index (κ1) is 10.8. The van der Waals surface area contributed by atoms with Crippen LogP contribution in [0.5, 0.6) is 0 Å². The molecule has 0 heterocycles. The molecule has 0 aliphatic heterocycles. The zero-order chi connectivity index (χ0) is 8.74. The van der Waals surface area contributed by atoms with Crippen LogP contribution in [0.4, 0.5) is 0 Å². The zero-order valence-electron chi connectivity index (χ0n) is 7.48. The van der Waals surface area contributed by atoms with Gasteiger partial charge in [0.2, 0.25) is 0 Å². The largest absolute Gasteiger partial charge is 0.327 e. The molecule has 6 N–H and O–H groups in total. The summed E-state index contributed by atoms with van der Waals surface area (Å²) in [7, 11) is 0. The molecule has 0 radical (unpaired) electrons. The molecule has 0 saturated carbocycles. The number of hydrogen-bond donors (Lipinski definition) is 4. The van der Waals surface area contributed by atoms with Crippen LogP contribution >= 0.6 is 0 Å². The molecule has 0 rings (SSSR count). The van der Waals surface area contributed by atoms with Crippen molar-refractivity contribution in [3.63, 3.8) is 0 Å². The minimum atomic E-state index is -0.260. The van der Waals surface area contributed by atoms with Crippen LogP contribution in [-0.4, -0.2) is 31.8 Å². The molecule has 0 aliphatic rings. The van der Waals surface area contributed by atoms with Gasteiger partial charge in [0.05, 0.1) is 5.66 Å². The van der Waals surface area contributed by atoms with Crippen molar-refractivity contribution >= 4 is 0 Å². The lowest BCUT2D eigenvalue weighted by molar-refractivity contribution is 0.283. The molecule has 4 heteroatoms. The predicted octanol–water partition coefficient (Wildman–Crippen LogP) is -1.18. The molecule has 0 atom stereocenters. The number of likely N-dealkylation sites (N-methyl/N-ethyl adjacent to an activating group) is 2. The lowest BCUT2D eigenvalue weighted by atomic mass is 10.1. The summed E-state index contributed by atoms with van der Waals surface area (Å²) in [6, 6.07) is 0. The van der Waals surface area contributed by atoms with E-state index in [4.69, 9.17) is 11.5 Å². The average molecular weight is 160 g/mol. The summed E-state index contributed by atoms with van der Waals surface area (Å²) in [5, 5.41) is 6.47. The van der Waals surface area contributed by atoms with Crippen molar-refractivity contribution in [1.29, 1.82) is 0 Å². The first-order valence-corrected chi connectivity index (χ1v) is 4.14. The molecule has 4 nitrogen and oxygen atoms in total. The Labute approximate surface area is 68.7 Å². The van der Waals surface area contributed by atoms with E-state index in [1.807, 2.05) is 13.8 Å². The third-order valence-corrected chi connectivity index (χ3v) is 1.73. The number of hydrogen-bond acceptors (Lipinski definition) is 4. The third kappa shape index (κ3) is 3.16. The monoisotopic (exact) mass is 160 g/mol. The molecule has 0 unspecified atom stereocenters. The molecule has 0 aromatic carbocycles. The van der Waals surface area contributed by atoms with Crippen molar-refractivity contribution in [1.82, 2.24) is 10.6 Å². The van der Waals surface area contributed by atoms with Gasteiger partial charge in [0.25, 0.3) is 0 Å². The van der Waals surface area contributed by atoms with Gasteiger partial charge in [-0.05, 0) is 13.1 Å². The minimum Gasteiger partial charge on any atom is -0.327 e. The fourth-order valence-electron chi connectivity index (χ4n) is 1.11. The maximum Gasteiger partial charge on any atom is 0.0938 e. The van der Waals surface area contributed by atoms with Crippen LogP contribution < -0.4 is 22.1 Å². The van der Waals surface area contributed by atoms with E-state index >= 15 is 0 Å². The van der Waals surface area contributed by atoms with Crippen molar-refractivity contribution in [3.8, 4) is 0 Å². The van der Waals surface area contributed by atoms with Crippen molar-refractivity contribution in [2.45, 2.75) is 19.5 Å². The van der Waals surface area contributed by atoms with Gasteiger partial charge in [0.1, 0.15) is 0 Å². The maximum absolute atomic E-state index is 5.59. The highest BCUT2D eigenvalue weighted by molar-refractivity contribution is 4.86. The second kappa shape index (κ2) is 5.49. The third-order valence-electron chi connectivity index (χ3n) is 1.73. The summed E-state index contributed by atoms with van der Waals surface area (Å²) < 4.78 is 0. The van der Waals surface area contributed by atoms with Crippen LogP contribution in [0.2, 0.25) is 0 Å². The SMILES string of the molecule is CCNC(CN)(CN)NCC. The Morgan fingerprint density at radius 1 is 1.00 bits per heavy atom. The Morgan fingerprint density at radius 2 is 1.36 bits per heavy atom. The zero-order valence-corrected chi connectivity index (χ0v) is 7.48. The molecule has 68 valence electrons. The van der Waals surface area contributed by atoms with Gasteiger partial charge in [-0.1, -0.05) is 13.8 Å². The molecule has 0 aliphatic carbocycles. The Kier molecular flexibility index (Phi) is 5.41. The van der Waals surface area contributed by atoms with E-state index in [9.17, 15) is 0 Å². The molecule has 0 saturated heterocycles. The smallest absolute Gasteiger partial charge is 0.0938 e. The fraction of sp³-hybridized carbons (Fsp3) is 1.00. The Bertz CT molecular complexity index is 82.4. The van der Waals surface area contributed by atoms with Crippen molar-refractivity contribution in [2.75, 3.05) is 26.2 Å². The average Bonchev–Trinajstić information content (AvgIpc) is 2.04. The van der Waals surface area contributed by atoms with Gasteiger partial charge in [-0.25, -0.2) is 0 Å². The molecule has 0 spiro atoms. The molecule has 0 aromatic rings. The second-order valence-electron chi connectivity index (χ2n) is 2.55. The maximum atomic E-state index is 5.59. The molecule has 0 fully saturated rings.